The first kappa shape index (κ1) is 19.0. The van der Waals surface area contributed by atoms with Gasteiger partial charge in [0.05, 0.1) is 18.6 Å². The fourth-order valence-electron chi connectivity index (χ4n) is 3.02. The Morgan fingerprint density at radius 2 is 2.14 bits per heavy atom. The lowest BCUT2D eigenvalue weighted by Crippen LogP contribution is -2.34. The lowest BCUT2D eigenvalue weighted by molar-refractivity contribution is -0.129. The standard InChI is InChI=1S/C20H21N3O3S2/c1-26-17-6-2-14(3-7-17)11-23(16-4-5-16)19(25)13-27-12-15-10-18(24)22-8-9-28-20(22)21-15/h2-3,6-10,16H,4-5,11-13H2,1H3. The topological polar surface area (TPSA) is 63.9 Å². The molecule has 2 heterocycles. The van der Waals surface area contributed by atoms with Crippen molar-refractivity contribution >= 4 is 34.0 Å². The average Bonchev–Trinajstić information content (AvgIpc) is 3.43. The monoisotopic (exact) mass is 415 g/mol. The van der Waals surface area contributed by atoms with Gasteiger partial charge in [-0.3, -0.25) is 14.0 Å². The summed E-state index contributed by atoms with van der Waals surface area (Å²) in [7, 11) is 1.64. The predicted molar refractivity (Wildman–Crippen MR) is 112 cm³/mol. The molecule has 1 saturated carbocycles. The zero-order valence-electron chi connectivity index (χ0n) is 15.5. The molecule has 0 radical (unpaired) electrons. The van der Waals surface area contributed by atoms with E-state index in [1.54, 1.807) is 19.4 Å². The van der Waals surface area contributed by atoms with E-state index in [4.69, 9.17) is 4.74 Å². The third kappa shape index (κ3) is 4.39. The number of hydrogen-bond acceptors (Lipinski definition) is 6. The molecule has 0 bridgehead atoms. The van der Waals surface area contributed by atoms with Gasteiger partial charge >= 0.3 is 0 Å². The Hall–Kier alpha value is -2.32. The molecule has 1 fully saturated rings. The Balaban J connectivity index is 1.35. The first-order chi connectivity index (χ1) is 13.6. The fourth-order valence-corrected chi connectivity index (χ4v) is 4.56. The second-order valence-electron chi connectivity index (χ2n) is 6.73. The molecule has 6 nitrogen and oxygen atoms in total. The van der Waals surface area contributed by atoms with Crippen LogP contribution in [0.15, 0.2) is 46.7 Å². The lowest BCUT2D eigenvalue weighted by atomic mass is 10.2. The van der Waals surface area contributed by atoms with Crippen LogP contribution in [0.25, 0.3) is 4.96 Å². The number of carbonyl (C=O) groups excluding carboxylic acids is 1. The van der Waals surface area contributed by atoms with Gasteiger partial charge in [-0.2, -0.15) is 0 Å². The van der Waals surface area contributed by atoms with Gasteiger partial charge in [-0.15, -0.1) is 23.1 Å². The number of methoxy groups -OCH3 is 1. The molecule has 0 spiro atoms. The molecule has 1 aliphatic rings. The second kappa shape index (κ2) is 8.36. The van der Waals surface area contributed by atoms with Crippen molar-refractivity contribution in [3.8, 4) is 5.75 Å². The van der Waals surface area contributed by atoms with Crippen LogP contribution in [0.2, 0.25) is 0 Å². The van der Waals surface area contributed by atoms with Crippen LogP contribution in [0.3, 0.4) is 0 Å². The molecule has 1 amide bonds. The molecule has 1 aromatic carbocycles. The maximum Gasteiger partial charge on any atom is 0.258 e. The number of hydrogen-bond donors (Lipinski definition) is 0. The molecule has 0 unspecified atom stereocenters. The van der Waals surface area contributed by atoms with Crippen LogP contribution in [-0.2, 0) is 17.1 Å². The third-order valence-electron chi connectivity index (χ3n) is 4.65. The number of carbonyl (C=O) groups is 1. The number of benzene rings is 1. The fraction of sp³-hybridized carbons (Fsp3) is 0.350. The summed E-state index contributed by atoms with van der Waals surface area (Å²) in [6, 6.07) is 9.74. The van der Waals surface area contributed by atoms with E-state index in [1.807, 2.05) is 34.5 Å². The molecular weight excluding hydrogens is 394 g/mol. The minimum atomic E-state index is -0.0766. The molecule has 1 aliphatic carbocycles. The minimum absolute atomic E-state index is 0.0766. The number of amides is 1. The first-order valence-corrected chi connectivity index (χ1v) is 11.1. The van der Waals surface area contributed by atoms with E-state index in [0.717, 1.165) is 29.8 Å². The van der Waals surface area contributed by atoms with Crippen LogP contribution in [0.5, 0.6) is 5.75 Å². The Kier molecular flexibility index (Phi) is 5.68. The normalized spacial score (nSPS) is 13.6. The molecule has 28 heavy (non-hydrogen) atoms. The van der Waals surface area contributed by atoms with Crippen LogP contribution >= 0.6 is 23.1 Å². The summed E-state index contributed by atoms with van der Waals surface area (Å²) in [5.74, 6) is 1.89. The maximum atomic E-state index is 12.8. The van der Waals surface area contributed by atoms with Gasteiger partial charge < -0.3 is 9.64 Å². The SMILES string of the molecule is COc1ccc(CN(C(=O)CSCc2cc(=O)n3ccsc3n2)C2CC2)cc1. The zero-order chi connectivity index (χ0) is 19.5. The molecule has 0 N–H and O–H groups in total. The van der Waals surface area contributed by atoms with Crippen LogP contribution in [0.1, 0.15) is 24.1 Å². The van der Waals surface area contributed by atoms with E-state index in [-0.39, 0.29) is 11.5 Å². The van der Waals surface area contributed by atoms with Crippen molar-refractivity contribution in [2.45, 2.75) is 31.2 Å². The molecule has 0 atom stereocenters. The second-order valence-corrected chi connectivity index (χ2v) is 8.59. The van der Waals surface area contributed by atoms with E-state index >= 15 is 0 Å². The van der Waals surface area contributed by atoms with Crippen LogP contribution in [0.4, 0.5) is 0 Å². The highest BCUT2D eigenvalue weighted by molar-refractivity contribution is 7.99. The number of nitrogens with zero attached hydrogens (tertiary/aromatic N) is 3. The van der Waals surface area contributed by atoms with E-state index < -0.39 is 0 Å². The van der Waals surface area contributed by atoms with Crippen LogP contribution in [0, 0.1) is 0 Å². The van der Waals surface area contributed by atoms with E-state index in [9.17, 15) is 9.59 Å². The molecule has 4 rings (SSSR count). The Labute approximate surface area is 171 Å². The maximum absolute atomic E-state index is 12.8. The van der Waals surface area contributed by atoms with Gasteiger partial charge in [-0.1, -0.05) is 12.1 Å². The van der Waals surface area contributed by atoms with Crippen molar-refractivity contribution in [1.82, 2.24) is 14.3 Å². The number of ether oxygens (including phenoxy) is 1. The van der Waals surface area contributed by atoms with E-state index in [0.29, 0.717) is 29.1 Å². The summed E-state index contributed by atoms with van der Waals surface area (Å²) >= 11 is 2.94. The highest BCUT2D eigenvalue weighted by atomic mass is 32.2. The van der Waals surface area contributed by atoms with Gasteiger partial charge in [-0.05, 0) is 30.5 Å². The summed E-state index contributed by atoms with van der Waals surface area (Å²) in [4.78, 5) is 32.0. The van der Waals surface area contributed by atoms with E-state index in [1.165, 1.54) is 27.5 Å². The highest BCUT2D eigenvalue weighted by Gasteiger charge is 2.32. The minimum Gasteiger partial charge on any atom is -0.497 e. The number of rotatable bonds is 8. The van der Waals surface area contributed by atoms with Gasteiger partial charge in [0.25, 0.3) is 5.56 Å². The number of thiazole rings is 1. The number of thioether (sulfide) groups is 1. The molecular formula is C20H21N3O3S2. The Morgan fingerprint density at radius 1 is 1.36 bits per heavy atom. The van der Waals surface area contributed by atoms with Crippen molar-refractivity contribution in [3.05, 3.63) is 63.5 Å². The van der Waals surface area contributed by atoms with Crippen molar-refractivity contribution in [2.24, 2.45) is 0 Å². The number of fused-ring (bicyclic) bond motifs is 1. The first-order valence-electron chi connectivity index (χ1n) is 9.10. The van der Waals surface area contributed by atoms with Gasteiger partial charge in [-0.25, -0.2) is 4.98 Å². The summed E-state index contributed by atoms with van der Waals surface area (Å²) in [5, 5.41) is 1.84. The molecule has 2 aromatic heterocycles. The van der Waals surface area contributed by atoms with Crippen molar-refractivity contribution in [3.63, 3.8) is 0 Å². The average molecular weight is 416 g/mol. The largest absolute Gasteiger partial charge is 0.497 e. The molecule has 146 valence electrons. The van der Waals surface area contributed by atoms with Gasteiger partial charge in [0.2, 0.25) is 5.91 Å². The summed E-state index contributed by atoms with van der Waals surface area (Å²) < 4.78 is 6.73. The predicted octanol–water partition coefficient (Wildman–Crippen LogP) is 3.19. The Bertz CT molecular complexity index is 1030. The van der Waals surface area contributed by atoms with Crippen molar-refractivity contribution in [1.29, 1.82) is 0 Å². The molecule has 3 aromatic rings. The van der Waals surface area contributed by atoms with Gasteiger partial charge in [0.1, 0.15) is 5.75 Å². The van der Waals surface area contributed by atoms with Crippen LogP contribution < -0.4 is 10.3 Å². The molecule has 0 aliphatic heterocycles. The quantitative estimate of drug-likeness (QED) is 0.565. The summed E-state index contributed by atoms with van der Waals surface area (Å²) in [6.07, 6.45) is 3.86. The van der Waals surface area contributed by atoms with E-state index in [2.05, 4.69) is 4.98 Å². The third-order valence-corrected chi connectivity index (χ3v) is 6.36. The Morgan fingerprint density at radius 3 is 2.86 bits per heavy atom. The lowest BCUT2D eigenvalue weighted by Gasteiger charge is -2.22. The van der Waals surface area contributed by atoms with Gasteiger partial charge in [0.15, 0.2) is 4.96 Å². The molecule has 0 saturated heterocycles. The van der Waals surface area contributed by atoms with Crippen molar-refractivity contribution < 1.29 is 9.53 Å². The number of aromatic nitrogens is 2. The zero-order valence-corrected chi connectivity index (χ0v) is 17.2. The van der Waals surface area contributed by atoms with Crippen LogP contribution in [-0.4, -0.2) is 39.1 Å². The van der Waals surface area contributed by atoms with Gasteiger partial charge in [0, 0.05) is 36.0 Å². The smallest absolute Gasteiger partial charge is 0.258 e. The highest BCUT2D eigenvalue weighted by Crippen LogP contribution is 2.29. The van der Waals surface area contributed by atoms with Crippen molar-refractivity contribution in [2.75, 3.05) is 12.9 Å². The molecule has 8 heteroatoms. The summed E-state index contributed by atoms with van der Waals surface area (Å²) in [5.41, 5.74) is 1.74. The summed E-state index contributed by atoms with van der Waals surface area (Å²) in [6.45, 7) is 0.620.